The van der Waals surface area contributed by atoms with Crippen molar-refractivity contribution in [3.63, 3.8) is 0 Å². The van der Waals surface area contributed by atoms with Gasteiger partial charge in [0.05, 0.1) is 6.20 Å². The molecule has 0 aromatic rings. The minimum Gasteiger partial charge on any atom is -0.457 e. The van der Waals surface area contributed by atoms with Gasteiger partial charge in [-0.05, 0) is 0 Å². The average molecular weight is 243 g/mol. The minimum absolute atomic E-state index is 0.392. The van der Waals surface area contributed by atoms with Gasteiger partial charge in [-0.25, -0.2) is 0 Å². The molecule has 1 unspecified atom stereocenters. The van der Waals surface area contributed by atoms with Gasteiger partial charge in [0.2, 0.25) is 5.88 Å². The van der Waals surface area contributed by atoms with Gasteiger partial charge >= 0.3 is 0 Å². The van der Waals surface area contributed by atoms with E-state index in [1.807, 2.05) is 29.7 Å². The van der Waals surface area contributed by atoms with Crippen molar-refractivity contribution in [2.75, 3.05) is 31.3 Å². The second kappa shape index (κ2) is 4.17. The van der Waals surface area contributed by atoms with Crippen LogP contribution in [0.2, 0.25) is 0 Å². The molecule has 0 spiro atoms. The molecule has 0 amide bonds. The smallest absolute Gasteiger partial charge is 0.208 e. The van der Waals surface area contributed by atoms with E-state index >= 15 is 0 Å². The lowest BCUT2D eigenvalue weighted by Crippen LogP contribution is -2.32. The molecule has 3 heterocycles. The van der Waals surface area contributed by atoms with Crippen molar-refractivity contribution in [2.45, 2.75) is 5.37 Å². The lowest BCUT2D eigenvalue weighted by molar-refractivity contribution is 0.143. The Morgan fingerprint density at radius 3 is 3.27 bits per heavy atom. The average Bonchev–Trinajstić information content (AvgIpc) is 3.01. The molecule has 1 saturated heterocycles. The molecule has 1 fully saturated rings. The van der Waals surface area contributed by atoms with E-state index in [9.17, 15) is 0 Å². The maximum atomic E-state index is 5.53. The Morgan fingerprint density at radius 1 is 1.53 bits per heavy atom. The van der Waals surface area contributed by atoms with Crippen molar-refractivity contribution in [3.05, 3.63) is 12.1 Å². The van der Waals surface area contributed by atoms with Crippen LogP contribution in [0.4, 0.5) is 0 Å². The van der Waals surface area contributed by atoms with Crippen LogP contribution in [0.15, 0.2) is 17.1 Å². The zero-order valence-electron chi connectivity index (χ0n) is 8.31. The van der Waals surface area contributed by atoms with Crippen LogP contribution in [0, 0.1) is 0 Å². The molecule has 3 rings (SSSR count). The maximum Gasteiger partial charge on any atom is 0.208 e. The molecular formula is C9H13N3OS2. The van der Waals surface area contributed by atoms with E-state index in [-0.39, 0.29) is 0 Å². The molecular weight excluding hydrogens is 230 g/mol. The summed E-state index contributed by atoms with van der Waals surface area (Å²) < 4.78 is 5.53. The van der Waals surface area contributed by atoms with E-state index in [2.05, 4.69) is 15.2 Å². The Kier molecular flexibility index (Phi) is 2.70. The summed E-state index contributed by atoms with van der Waals surface area (Å²) in [4.78, 5) is 6.86. The van der Waals surface area contributed by atoms with Crippen LogP contribution in [0.5, 0.6) is 0 Å². The first-order valence-corrected chi connectivity index (χ1v) is 7.10. The van der Waals surface area contributed by atoms with Crippen molar-refractivity contribution in [1.82, 2.24) is 10.2 Å². The van der Waals surface area contributed by atoms with E-state index in [0.29, 0.717) is 12.1 Å². The number of aliphatic imine (C=N–C) groups is 1. The second-order valence-electron chi connectivity index (χ2n) is 3.46. The Morgan fingerprint density at radius 2 is 2.53 bits per heavy atom. The van der Waals surface area contributed by atoms with Crippen molar-refractivity contribution >= 4 is 28.6 Å². The molecule has 3 aliphatic heterocycles. The number of thioether (sulfide) groups is 2. The SMILES string of the molecule is C1=C(N2CCSC2C2=NCCS2)OCN1. The summed E-state index contributed by atoms with van der Waals surface area (Å²) in [5.41, 5.74) is 0. The number of hydrogen-bond donors (Lipinski definition) is 1. The minimum atomic E-state index is 0.392. The highest BCUT2D eigenvalue weighted by Crippen LogP contribution is 2.34. The molecule has 0 bridgehead atoms. The van der Waals surface area contributed by atoms with E-state index in [1.165, 1.54) is 5.04 Å². The summed E-state index contributed by atoms with van der Waals surface area (Å²) in [6.45, 7) is 2.63. The first-order chi connectivity index (χ1) is 7.45. The molecule has 0 radical (unpaired) electrons. The third-order valence-electron chi connectivity index (χ3n) is 2.52. The first kappa shape index (κ1) is 9.72. The fourth-order valence-corrected chi connectivity index (χ4v) is 4.24. The summed E-state index contributed by atoms with van der Waals surface area (Å²) in [7, 11) is 0. The van der Waals surface area contributed by atoms with Gasteiger partial charge in [-0.3, -0.25) is 4.99 Å². The summed E-state index contributed by atoms with van der Waals surface area (Å²) in [6.07, 6.45) is 1.96. The zero-order chi connectivity index (χ0) is 10.1. The number of hydrogen-bond acceptors (Lipinski definition) is 6. The second-order valence-corrected chi connectivity index (χ2v) is 5.76. The standard InChI is InChI=1S/C9H13N3OS2/c1-3-14-8(11-1)9-12(2-4-15-9)7-5-10-6-13-7/h5,9-10H,1-4,6H2. The Balaban J connectivity index is 1.76. The van der Waals surface area contributed by atoms with E-state index in [0.717, 1.165) is 30.5 Å². The number of nitrogens with one attached hydrogen (secondary N) is 1. The topological polar surface area (TPSA) is 36.9 Å². The summed E-state index contributed by atoms with van der Waals surface area (Å²) in [6, 6.07) is 0. The van der Waals surface area contributed by atoms with E-state index < -0.39 is 0 Å². The van der Waals surface area contributed by atoms with Crippen LogP contribution in [0.3, 0.4) is 0 Å². The van der Waals surface area contributed by atoms with Gasteiger partial charge < -0.3 is 15.0 Å². The van der Waals surface area contributed by atoms with Crippen LogP contribution in [-0.2, 0) is 4.74 Å². The van der Waals surface area contributed by atoms with Crippen LogP contribution in [-0.4, -0.2) is 46.6 Å². The summed E-state index contributed by atoms with van der Waals surface area (Å²) >= 11 is 3.85. The third kappa shape index (κ3) is 1.80. The van der Waals surface area contributed by atoms with Gasteiger partial charge in [-0.15, -0.1) is 23.5 Å². The normalized spacial score (nSPS) is 29.9. The van der Waals surface area contributed by atoms with Crippen molar-refractivity contribution in [1.29, 1.82) is 0 Å². The van der Waals surface area contributed by atoms with Crippen molar-refractivity contribution in [3.8, 4) is 0 Å². The quantitative estimate of drug-likeness (QED) is 0.779. The predicted octanol–water partition coefficient (Wildman–Crippen LogP) is 0.883. The van der Waals surface area contributed by atoms with Crippen LogP contribution < -0.4 is 5.32 Å². The number of rotatable bonds is 2. The van der Waals surface area contributed by atoms with Gasteiger partial charge in [0.25, 0.3) is 0 Å². The van der Waals surface area contributed by atoms with E-state index in [1.54, 1.807) is 0 Å². The molecule has 0 saturated carbocycles. The molecule has 15 heavy (non-hydrogen) atoms. The zero-order valence-corrected chi connectivity index (χ0v) is 9.94. The molecule has 3 aliphatic rings. The fourth-order valence-electron chi connectivity index (χ4n) is 1.85. The summed E-state index contributed by atoms with van der Waals surface area (Å²) in [5.74, 6) is 3.27. The highest BCUT2D eigenvalue weighted by molar-refractivity contribution is 8.16. The Labute approximate surface area is 97.5 Å². The van der Waals surface area contributed by atoms with Gasteiger partial charge in [-0.2, -0.15) is 0 Å². The molecule has 0 aromatic heterocycles. The number of nitrogens with zero attached hydrogens (tertiary/aromatic N) is 2. The maximum absolute atomic E-state index is 5.53. The van der Waals surface area contributed by atoms with Gasteiger partial charge in [0, 0.05) is 24.6 Å². The Hall–Kier alpha value is -0.490. The predicted molar refractivity (Wildman–Crippen MR) is 64.9 cm³/mol. The molecule has 0 aliphatic carbocycles. The lowest BCUT2D eigenvalue weighted by Gasteiger charge is -2.24. The molecule has 0 aromatic carbocycles. The van der Waals surface area contributed by atoms with E-state index in [4.69, 9.17) is 4.74 Å². The third-order valence-corrected chi connectivity index (χ3v) is 4.92. The first-order valence-electron chi connectivity index (χ1n) is 5.07. The monoisotopic (exact) mass is 243 g/mol. The highest BCUT2D eigenvalue weighted by Gasteiger charge is 2.34. The van der Waals surface area contributed by atoms with Gasteiger partial charge in [-0.1, -0.05) is 0 Å². The summed E-state index contributed by atoms with van der Waals surface area (Å²) in [5, 5.41) is 4.74. The Bertz CT molecular complexity index is 288. The largest absolute Gasteiger partial charge is 0.457 e. The fraction of sp³-hybridized carbons (Fsp3) is 0.667. The highest BCUT2D eigenvalue weighted by atomic mass is 32.2. The molecule has 4 nitrogen and oxygen atoms in total. The van der Waals surface area contributed by atoms with Crippen LogP contribution >= 0.6 is 23.5 Å². The molecule has 1 atom stereocenters. The lowest BCUT2D eigenvalue weighted by atomic mass is 10.5. The molecule has 1 N–H and O–H groups in total. The van der Waals surface area contributed by atoms with Gasteiger partial charge in [0.1, 0.15) is 10.4 Å². The van der Waals surface area contributed by atoms with Gasteiger partial charge in [0.15, 0.2) is 6.73 Å². The molecule has 6 heteroatoms. The molecule has 82 valence electrons. The van der Waals surface area contributed by atoms with Crippen LogP contribution in [0.1, 0.15) is 0 Å². The van der Waals surface area contributed by atoms with Crippen molar-refractivity contribution in [2.24, 2.45) is 4.99 Å². The van der Waals surface area contributed by atoms with Crippen molar-refractivity contribution < 1.29 is 4.74 Å². The number of ether oxygens (including phenoxy) is 1. The van der Waals surface area contributed by atoms with Crippen LogP contribution in [0.25, 0.3) is 0 Å².